The minimum Gasteiger partial charge on any atom is -0.0654 e. The van der Waals surface area contributed by atoms with Gasteiger partial charge < -0.3 is 0 Å². The van der Waals surface area contributed by atoms with E-state index in [1.807, 2.05) is 0 Å². The lowest BCUT2D eigenvalue weighted by atomic mass is 9.88. The molecule has 0 aliphatic carbocycles. The maximum absolute atomic E-state index is 2.32. The van der Waals surface area contributed by atoms with Gasteiger partial charge in [-0.25, -0.2) is 0 Å². The Hall–Kier alpha value is -0.780. The highest BCUT2D eigenvalue weighted by Gasteiger charge is 2.11. The molecule has 0 unspecified atom stereocenters. The Morgan fingerprint density at radius 3 is 1.36 bits per heavy atom. The molecular formula is C25H43. The second-order valence-electron chi connectivity index (χ2n) is 7.71. The lowest BCUT2D eigenvalue weighted by Gasteiger charge is -2.17. The van der Waals surface area contributed by atoms with Gasteiger partial charge in [0, 0.05) is 5.92 Å². The van der Waals surface area contributed by atoms with Crippen molar-refractivity contribution in [3.63, 3.8) is 0 Å². The summed E-state index contributed by atoms with van der Waals surface area (Å²) < 4.78 is 0. The molecular weight excluding hydrogens is 300 g/mol. The molecule has 0 saturated heterocycles. The lowest BCUT2D eigenvalue weighted by molar-refractivity contribution is 0.553. The maximum atomic E-state index is 2.32. The molecule has 0 atom stereocenters. The summed E-state index contributed by atoms with van der Waals surface area (Å²) in [6.45, 7) is 4.59. The molecule has 0 bridgehead atoms. The molecule has 0 aliphatic rings. The van der Waals surface area contributed by atoms with E-state index in [0.717, 1.165) is 0 Å². The molecule has 0 saturated carbocycles. The zero-order valence-electron chi connectivity index (χ0n) is 17.2. The molecule has 1 aromatic rings. The number of benzene rings is 1. The predicted octanol–water partition coefficient (Wildman–Crippen LogP) is 8.89. The molecule has 0 heterocycles. The monoisotopic (exact) mass is 343 g/mol. The Kier molecular flexibility index (Phi) is 14.8. The van der Waals surface area contributed by atoms with E-state index in [0.29, 0.717) is 0 Å². The van der Waals surface area contributed by atoms with E-state index in [1.165, 1.54) is 108 Å². The van der Waals surface area contributed by atoms with Crippen LogP contribution in [0, 0.1) is 5.92 Å². The quantitative estimate of drug-likeness (QED) is 0.248. The van der Waals surface area contributed by atoms with Gasteiger partial charge in [-0.05, 0) is 18.4 Å². The van der Waals surface area contributed by atoms with Crippen LogP contribution in [0.2, 0.25) is 0 Å². The van der Waals surface area contributed by atoms with Crippen molar-refractivity contribution in [3.8, 4) is 0 Å². The highest BCUT2D eigenvalue weighted by atomic mass is 14.2. The highest BCUT2D eigenvalue weighted by molar-refractivity contribution is 5.30. The smallest absolute Gasteiger partial charge is 0.00498 e. The van der Waals surface area contributed by atoms with Crippen molar-refractivity contribution < 1.29 is 0 Å². The fourth-order valence-corrected chi connectivity index (χ4v) is 3.68. The summed E-state index contributed by atoms with van der Waals surface area (Å²) >= 11 is 0. The first kappa shape index (κ1) is 22.3. The van der Waals surface area contributed by atoms with Gasteiger partial charge in [-0.1, -0.05) is 134 Å². The van der Waals surface area contributed by atoms with Crippen LogP contribution in [-0.4, -0.2) is 0 Å². The van der Waals surface area contributed by atoms with Crippen LogP contribution in [0.3, 0.4) is 0 Å². The fourth-order valence-electron chi connectivity index (χ4n) is 3.68. The van der Waals surface area contributed by atoms with Gasteiger partial charge in [0.15, 0.2) is 0 Å². The predicted molar refractivity (Wildman–Crippen MR) is 114 cm³/mol. The summed E-state index contributed by atoms with van der Waals surface area (Å²) in [5, 5.41) is 0. The summed E-state index contributed by atoms with van der Waals surface area (Å²) in [7, 11) is 0. The number of hydrogen-bond donors (Lipinski definition) is 0. The van der Waals surface area contributed by atoms with E-state index in [4.69, 9.17) is 0 Å². The van der Waals surface area contributed by atoms with E-state index < -0.39 is 0 Å². The highest BCUT2D eigenvalue weighted by Crippen LogP contribution is 2.27. The molecule has 25 heavy (non-hydrogen) atoms. The average molecular weight is 344 g/mol. The Labute approximate surface area is 158 Å². The summed E-state index contributed by atoms with van der Waals surface area (Å²) in [4.78, 5) is 0. The van der Waals surface area contributed by atoms with Crippen LogP contribution < -0.4 is 0 Å². The molecule has 0 N–H and O–H groups in total. The summed E-state index contributed by atoms with van der Waals surface area (Å²) in [6, 6.07) is 11.2. The number of unbranched alkanes of at least 4 members (excludes halogenated alkanes) is 12. The summed E-state index contributed by atoms with van der Waals surface area (Å²) in [6.07, 6.45) is 22.4. The minimum absolute atomic E-state index is 1.31. The van der Waals surface area contributed by atoms with Crippen molar-refractivity contribution in [1.29, 1.82) is 0 Å². The maximum Gasteiger partial charge on any atom is 0.00498 e. The molecule has 0 nitrogen and oxygen atoms in total. The number of rotatable bonds is 17. The van der Waals surface area contributed by atoms with Crippen LogP contribution in [0.1, 0.15) is 122 Å². The SMILES string of the molecule is CCCCCCCCC[C](CCCCCCCCC)c1ccccc1. The van der Waals surface area contributed by atoms with Crippen molar-refractivity contribution in [1.82, 2.24) is 0 Å². The first-order valence-electron chi connectivity index (χ1n) is 11.3. The molecule has 1 radical (unpaired) electrons. The van der Waals surface area contributed by atoms with Gasteiger partial charge in [0.05, 0.1) is 0 Å². The molecule has 0 amide bonds. The molecule has 0 aliphatic heterocycles. The first-order chi connectivity index (χ1) is 12.4. The van der Waals surface area contributed by atoms with E-state index in [2.05, 4.69) is 44.2 Å². The second kappa shape index (κ2) is 16.7. The van der Waals surface area contributed by atoms with E-state index in [1.54, 1.807) is 5.92 Å². The van der Waals surface area contributed by atoms with Crippen LogP contribution in [0.5, 0.6) is 0 Å². The van der Waals surface area contributed by atoms with E-state index in [9.17, 15) is 0 Å². The van der Waals surface area contributed by atoms with Gasteiger partial charge in [-0.15, -0.1) is 0 Å². The van der Waals surface area contributed by atoms with Crippen LogP contribution in [0.15, 0.2) is 30.3 Å². The normalized spacial score (nSPS) is 11.3. The first-order valence-corrected chi connectivity index (χ1v) is 11.3. The van der Waals surface area contributed by atoms with Crippen LogP contribution >= 0.6 is 0 Å². The summed E-state index contributed by atoms with van der Waals surface area (Å²) in [5.74, 6) is 1.71. The van der Waals surface area contributed by atoms with Crippen molar-refractivity contribution in [2.75, 3.05) is 0 Å². The average Bonchev–Trinajstić information content (AvgIpc) is 2.65. The van der Waals surface area contributed by atoms with Gasteiger partial charge >= 0.3 is 0 Å². The Balaban J connectivity index is 2.21. The lowest BCUT2D eigenvalue weighted by Crippen LogP contribution is -2.01. The van der Waals surface area contributed by atoms with Gasteiger partial charge in [-0.2, -0.15) is 0 Å². The van der Waals surface area contributed by atoms with Crippen molar-refractivity contribution in [2.24, 2.45) is 0 Å². The van der Waals surface area contributed by atoms with Gasteiger partial charge in [0.2, 0.25) is 0 Å². The topological polar surface area (TPSA) is 0 Å². The second-order valence-corrected chi connectivity index (χ2v) is 7.71. The minimum atomic E-state index is 1.31. The van der Waals surface area contributed by atoms with Gasteiger partial charge in [0.1, 0.15) is 0 Å². The molecule has 1 aromatic carbocycles. The Bertz CT molecular complexity index is 349. The molecule has 0 fully saturated rings. The summed E-state index contributed by atoms with van der Waals surface area (Å²) in [5.41, 5.74) is 1.50. The zero-order valence-corrected chi connectivity index (χ0v) is 17.2. The van der Waals surface area contributed by atoms with Crippen LogP contribution in [0.4, 0.5) is 0 Å². The third kappa shape index (κ3) is 12.2. The molecule has 0 aromatic heterocycles. The van der Waals surface area contributed by atoms with Gasteiger partial charge in [0.25, 0.3) is 0 Å². The Morgan fingerprint density at radius 2 is 0.920 bits per heavy atom. The Morgan fingerprint density at radius 1 is 0.520 bits per heavy atom. The molecule has 143 valence electrons. The third-order valence-corrected chi connectivity index (χ3v) is 5.35. The van der Waals surface area contributed by atoms with Crippen molar-refractivity contribution in [2.45, 2.75) is 117 Å². The van der Waals surface area contributed by atoms with Crippen LogP contribution in [0.25, 0.3) is 0 Å². The zero-order chi connectivity index (χ0) is 18.0. The molecule has 0 heteroatoms. The molecule has 0 spiro atoms. The fraction of sp³-hybridized carbons (Fsp3) is 0.720. The van der Waals surface area contributed by atoms with Crippen molar-refractivity contribution in [3.05, 3.63) is 41.8 Å². The van der Waals surface area contributed by atoms with E-state index >= 15 is 0 Å². The third-order valence-electron chi connectivity index (χ3n) is 5.35. The van der Waals surface area contributed by atoms with Crippen LogP contribution in [-0.2, 0) is 0 Å². The van der Waals surface area contributed by atoms with Crippen molar-refractivity contribution >= 4 is 0 Å². The molecule has 1 rings (SSSR count). The largest absolute Gasteiger partial charge is 0.0654 e. The number of hydrogen-bond acceptors (Lipinski definition) is 0. The standard InChI is InChI=1S/C25H43/c1-3-5-7-9-11-13-16-20-24(25-22-18-15-19-23-25)21-17-14-12-10-8-6-4-2/h15,18-19,22-23H,3-14,16-17,20-21H2,1-2H3. The van der Waals surface area contributed by atoms with Gasteiger partial charge in [-0.3, -0.25) is 0 Å². The van der Waals surface area contributed by atoms with E-state index in [-0.39, 0.29) is 0 Å².